The van der Waals surface area contributed by atoms with Gasteiger partial charge in [-0.3, -0.25) is 0 Å². The van der Waals surface area contributed by atoms with Crippen molar-refractivity contribution in [1.29, 1.82) is 0 Å². The Morgan fingerprint density at radius 3 is 2.58 bits per heavy atom. The molecule has 5 nitrogen and oxygen atoms in total. The lowest BCUT2D eigenvalue weighted by Gasteiger charge is -2.48. The summed E-state index contributed by atoms with van der Waals surface area (Å²) in [5.41, 5.74) is -0.455. The number of fused-ring (bicyclic) bond motifs is 1. The lowest BCUT2D eigenvalue weighted by atomic mass is 9.71. The van der Waals surface area contributed by atoms with E-state index in [1.165, 1.54) is 38.5 Å². The maximum Gasteiger partial charge on any atom is 0.407 e. The Hall–Kier alpha value is -0.810. The van der Waals surface area contributed by atoms with Crippen LogP contribution in [0, 0.1) is 11.8 Å². The van der Waals surface area contributed by atoms with Crippen molar-refractivity contribution in [2.75, 3.05) is 13.2 Å². The molecular formula is C19H34N2O3. The Labute approximate surface area is 146 Å². The Morgan fingerprint density at radius 1 is 1.12 bits per heavy atom. The first-order chi connectivity index (χ1) is 11.4. The number of alkyl carbamates (subject to hydrolysis) is 1. The van der Waals surface area contributed by atoms with E-state index in [-0.39, 0.29) is 24.3 Å². The van der Waals surface area contributed by atoms with Gasteiger partial charge in [0, 0.05) is 12.5 Å². The van der Waals surface area contributed by atoms with Gasteiger partial charge in [-0.05, 0) is 46.1 Å². The third-order valence-corrected chi connectivity index (χ3v) is 5.73. The summed E-state index contributed by atoms with van der Waals surface area (Å²) >= 11 is 0. The molecule has 1 amide bonds. The van der Waals surface area contributed by atoms with E-state index >= 15 is 0 Å². The van der Waals surface area contributed by atoms with Crippen molar-refractivity contribution in [3.05, 3.63) is 0 Å². The number of amides is 1. The molecule has 3 fully saturated rings. The second-order valence-corrected chi connectivity index (χ2v) is 8.73. The SMILES string of the molecule is CC(C)(C)OC(=O)NC1C2CCOC2C1NCCC1CCCCC1. The van der Waals surface area contributed by atoms with E-state index in [1.807, 2.05) is 20.8 Å². The molecule has 4 unspecified atom stereocenters. The van der Waals surface area contributed by atoms with E-state index in [1.54, 1.807) is 0 Å². The van der Waals surface area contributed by atoms with Gasteiger partial charge in [0.15, 0.2) is 0 Å². The van der Waals surface area contributed by atoms with Crippen LogP contribution in [0.4, 0.5) is 4.79 Å². The van der Waals surface area contributed by atoms with Crippen LogP contribution in [0.2, 0.25) is 0 Å². The molecule has 3 rings (SSSR count). The lowest BCUT2D eigenvalue weighted by Crippen LogP contribution is -2.70. The van der Waals surface area contributed by atoms with Crippen LogP contribution in [0.5, 0.6) is 0 Å². The highest BCUT2D eigenvalue weighted by Crippen LogP contribution is 2.39. The standard InChI is InChI=1S/C19H34N2O3/c1-19(2,3)24-18(22)21-15-14-10-12-23-17(14)16(15)20-11-9-13-7-5-4-6-8-13/h13-17,20H,4-12H2,1-3H3,(H,21,22). The van der Waals surface area contributed by atoms with Crippen LogP contribution >= 0.6 is 0 Å². The lowest BCUT2D eigenvalue weighted by molar-refractivity contribution is -0.0341. The molecule has 4 atom stereocenters. The number of carbonyl (C=O) groups excluding carboxylic acids is 1. The fourth-order valence-corrected chi connectivity index (χ4v) is 4.52. The number of hydrogen-bond acceptors (Lipinski definition) is 4. The smallest absolute Gasteiger partial charge is 0.407 e. The molecule has 1 heterocycles. The minimum Gasteiger partial charge on any atom is -0.444 e. The second-order valence-electron chi connectivity index (χ2n) is 8.73. The van der Waals surface area contributed by atoms with Crippen molar-refractivity contribution >= 4 is 6.09 Å². The molecule has 0 aromatic carbocycles. The van der Waals surface area contributed by atoms with E-state index in [2.05, 4.69) is 10.6 Å². The van der Waals surface area contributed by atoms with E-state index < -0.39 is 5.60 Å². The van der Waals surface area contributed by atoms with Crippen molar-refractivity contribution in [1.82, 2.24) is 10.6 Å². The molecule has 2 aliphatic carbocycles. The molecule has 24 heavy (non-hydrogen) atoms. The molecule has 5 heteroatoms. The average Bonchev–Trinajstić information content (AvgIpc) is 2.93. The minimum atomic E-state index is -0.455. The number of carbonyl (C=O) groups is 1. The molecule has 0 spiro atoms. The summed E-state index contributed by atoms with van der Waals surface area (Å²) in [5.74, 6) is 1.31. The average molecular weight is 338 g/mol. The largest absolute Gasteiger partial charge is 0.444 e. The van der Waals surface area contributed by atoms with Crippen LogP contribution in [-0.2, 0) is 9.47 Å². The molecule has 0 aromatic rings. The summed E-state index contributed by atoms with van der Waals surface area (Å²) in [7, 11) is 0. The zero-order chi connectivity index (χ0) is 17.2. The van der Waals surface area contributed by atoms with Crippen LogP contribution in [-0.4, -0.2) is 43.0 Å². The van der Waals surface area contributed by atoms with Gasteiger partial charge < -0.3 is 20.1 Å². The van der Waals surface area contributed by atoms with Crippen LogP contribution in [0.25, 0.3) is 0 Å². The number of ether oxygens (including phenoxy) is 2. The van der Waals surface area contributed by atoms with E-state index in [0.717, 1.165) is 25.5 Å². The van der Waals surface area contributed by atoms with Gasteiger partial charge in [-0.1, -0.05) is 32.1 Å². The maximum absolute atomic E-state index is 12.1. The predicted octanol–water partition coefficient (Wildman–Crippen LogP) is 3.23. The van der Waals surface area contributed by atoms with Gasteiger partial charge in [-0.15, -0.1) is 0 Å². The first kappa shape index (κ1) is 18.0. The van der Waals surface area contributed by atoms with E-state index in [0.29, 0.717) is 5.92 Å². The molecule has 0 aromatic heterocycles. The topological polar surface area (TPSA) is 59.6 Å². The highest BCUT2D eigenvalue weighted by molar-refractivity contribution is 5.68. The number of nitrogens with one attached hydrogen (secondary N) is 2. The van der Waals surface area contributed by atoms with Crippen molar-refractivity contribution in [2.45, 2.75) is 89.5 Å². The van der Waals surface area contributed by atoms with Gasteiger partial charge in [0.25, 0.3) is 0 Å². The monoisotopic (exact) mass is 338 g/mol. The zero-order valence-corrected chi connectivity index (χ0v) is 15.5. The Balaban J connectivity index is 1.46. The fourth-order valence-electron chi connectivity index (χ4n) is 4.52. The summed E-state index contributed by atoms with van der Waals surface area (Å²) in [5, 5.41) is 6.74. The zero-order valence-electron chi connectivity index (χ0n) is 15.5. The third-order valence-electron chi connectivity index (χ3n) is 5.73. The number of hydrogen-bond donors (Lipinski definition) is 2. The molecular weight excluding hydrogens is 304 g/mol. The van der Waals surface area contributed by atoms with Crippen molar-refractivity contribution in [3.8, 4) is 0 Å². The van der Waals surface area contributed by atoms with E-state index in [9.17, 15) is 4.79 Å². The Bertz CT molecular complexity index is 429. The third kappa shape index (κ3) is 4.42. The van der Waals surface area contributed by atoms with Crippen LogP contribution in [0.15, 0.2) is 0 Å². The summed E-state index contributed by atoms with van der Waals surface area (Å²) in [6.07, 6.45) is 9.19. The molecule has 0 bridgehead atoms. The van der Waals surface area contributed by atoms with Gasteiger partial charge in [0.1, 0.15) is 5.60 Å². The predicted molar refractivity (Wildman–Crippen MR) is 94.0 cm³/mol. The van der Waals surface area contributed by atoms with Gasteiger partial charge in [-0.25, -0.2) is 4.79 Å². The van der Waals surface area contributed by atoms with Gasteiger partial charge >= 0.3 is 6.09 Å². The molecule has 1 aliphatic heterocycles. The quantitative estimate of drug-likeness (QED) is 0.808. The van der Waals surface area contributed by atoms with Crippen LogP contribution < -0.4 is 10.6 Å². The van der Waals surface area contributed by atoms with Gasteiger partial charge in [0.05, 0.1) is 18.2 Å². The summed E-state index contributed by atoms with van der Waals surface area (Å²) in [6, 6.07) is 0.368. The first-order valence-corrected chi connectivity index (χ1v) is 9.78. The Kier molecular flexibility index (Phi) is 5.70. The van der Waals surface area contributed by atoms with Crippen molar-refractivity contribution < 1.29 is 14.3 Å². The van der Waals surface area contributed by atoms with Crippen LogP contribution in [0.3, 0.4) is 0 Å². The highest BCUT2D eigenvalue weighted by Gasteiger charge is 2.54. The summed E-state index contributed by atoms with van der Waals surface area (Å²) < 4.78 is 11.3. The van der Waals surface area contributed by atoms with Gasteiger partial charge in [0.2, 0.25) is 0 Å². The summed E-state index contributed by atoms with van der Waals surface area (Å²) in [6.45, 7) is 7.52. The first-order valence-electron chi connectivity index (χ1n) is 9.78. The van der Waals surface area contributed by atoms with Crippen LogP contribution in [0.1, 0.15) is 65.7 Å². The molecule has 3 aliphatic rings. The fraction of sp³-hybridized carbons (Fsp3) is 0.947. The second kappa shape index (κ2) is 7.61. The normalized spacial score (nSPS) is 33.6. The van der Waals surface area contributed by atoms with E-state index in [4.69, 9.17) is 9.47 Å². The molecule has 1 saturated heterocycles. The van der Waals surface area contributed by atoms with Crippen molar-refractivity contribution in [2.24, 2.45) is 11.8 Å². The molecule has 2 saturated carbocycles. The molecule has 0 radical (unpaired) electrons. The highest BCUT2D eigenvalue weighted by atomic mass is 16.6. The molecule has 2 N–H and O–H groups in total. The molecule has 138 valence electrons. The minimum absolute atomic E-state index is 0.138. The number of rotatable bonds is 5. The summed E-state index contributed by atoms with van der Waals surface area (Å²) in [4.78, 5) is 12.1. The van der Waals surface area contributed by atoms with Crippen molar-refractivity contribution in [3.63, 3.8) is 0 Å². The Morgan fingerprint density at radius 2 is 1.88 bits per heavy atom. The maximum atomic E-state index is 12.1. The van der Waals surface area contributed by atoms with Gasteiger partial charge in [-0.2, -0.15) is 0 Å².